The molecule has 2 rings (SSSR count). The normalized spacial score (nSPS) is 9.87. The van der Waals surface area contributed by atoms with Crippen molar-refractivity contribution in [3.05, 3.63) is 42.6 Å². The molecule has 15 heavy (non-hydrogen) atoms. The minimum Gasteiger partial charge on any atom is -0.504 e. The summed E-state index contributed by atoms with van der Waals surface area (Å²) < 4.78 is 5.23. The van der Waals surface area contributed by atoms with Gasteiger partial charge in [-0.2, -0.15) is 0 Å². The molecule has 76 valence electrons. The zero-order chi connectivity index (χ0) is 10.7. The van der Waals surface area contributed by atoms with Crippen LogP contribution in [0.15, 0.2) is 42.6 Å². The molecule has 0 aliphatic carbocycles. The first-order valence-electron chi connectivity index (χ1n) is 4.37. The van der Waals surface area contributed by atoms with Crippen LogP contribution in [0.25, 0.3) is 0 Å². The van der Waals surface area contributed by atoms with E-state index < -0.39 is 0 Å². The number of aromatic nitrogens is 1. The maximum absolute atomic E-state index is 9.44. The van der Waals surface area contributed by atoms with E-state index in [1.165, 1.54) is 18.2 Å². The van der Waals surface area contributed by atoms with E-state index in [2.05, 4.69) is 4.98 Å². The van der Waals surface area contributed by atoms with Crippen molar-refractivity contribution in [1.82, 2.24) is 4.98 Å². The fraction of sp³-hybridized carbons (Fsp3) is 0. The van der Waals surface area contributed by atoms with Crippen LogP contribution in [0.4, 0.5) is 0 Å². The number of hydrogen-bond acceptors (Lipinski definition) is 4. The quantitative estimate of drug-likeness (QED) is 0.786. The number of phenols is 2. The fourth-order valence-corrected chi connectivity index (χ4v) is 1.13. The third-order valence-electron chi connectivity index (χ3n) is 1.82. The van der Waals surface area contributed by atoms with E-state index in [1.807, 2.05) is 0 Å². The van der Waals surface area contributed by atoms with Crippen molar-refractivity contribution in [1.29, 1.82) is 0 Å². The van der Waals surface area contributed by atoms with Crippen molar-refractivity contribution in [3.8, 4) is 23.1 Å². The summed E-state index contributed by atoms with van der Waals surface area (Å²) in [4.78, 5) is 3.91. The molecule has 0 radical (unpaired) electrons. The van der Waals surface area contributed by atoms with E-state index in [9.17, 15) is 10.2 Å². The molecule has 0 amide bonds. The third kappa shape index (κ3) is 1.99. The maximum Gasteiger partial charge on any atom is 0.219 e. The minimum atomic E-state index is -0.124. The molecule has 2 N–H and O–H groups in total. The van der Waals surface area contributed by atoms with Gasteiger partial charge in [0, 0.05) is 12.3 Å². The van der Waals surface area contributed by atoms with Gasteiger partial charge < -0.3 is 14.9 Å². The van der Waals surface area contributed by atoms with E-state index >= 15 is 0 Å². The summed E-state index contributed by atoms with van der Waals surface area (Å²) in [5.74, 6) is 0.0757. The van der Waals surface area contributed by atoms with Gasteiger partial charge in [-0.25, -0.2) is 4.98 Å². The monoisotopic (exact) mass is 203 g/mol. The Balaban J connectivity index is 2.32. The maximum atomic E-state index is 9.44. The molecule has 4 heteroatoms. The van der Waals surface area contributed by atoms with E-state index in [0.717, 1.165) is 0 Å². The number of benzene rings is 1. The Bertz CT molecular complexity index is 436. The highest BCUT2D eigenvalue weighted by atomic mass is 16.5. The van der Waals surface area contributed by atoms with Crippen LogP contribution in [-0.2, 0) is 0 Å². The van der Waals surface area contributed by atoms with E-state index in [0.29, 0.717) is 5.88 Å². The van der Waals surface area contributed by atoms with Crippen LogP contribution in [0.2, 0.25) is 0 Å². The highest BCUT2D eigenvalue weighted by molar-refractivity contribution is 5.50. The molecule has 0 aliphatic heterocycles. The molecule has 0 bridgehead atoms. The number of pyridine rings is 1. The number of ether oxygens (including phenoxy) is 1. The van der Waals surface area contributed by atoms with Crippen molar-refractivity contribution in [2.75, 3.05) is 0 Å². The van der Waals surface area contributed by atoms with Gasteiger partial charge in [-0.3, -0.25) is 0 Å². The molecule has 2 aromatic rings. The second-order valence-electron chi connectivity index (χ2n) is 2.90. The molecule has 1 heterocycles. The topological polar surface area (TPSA) is 62.6 Å². The summed E-state index contributed by atoms with van der Waals surface area (Å²) in [5, 5.41) is 18.9. The lowest BCUT2D eigenvalue weighted by molar-refractivity contribution is 0.369. The van der Waals surface area contributed by atoms with Gasteiger partial charge in [0.1, 0.15) is 0 Å². The molecule has 0 fully saturated rings. The number of para-hydroxylation sites is 1. The zero-order valence-electron chi connectivity index (χ0n) is 7.79. The van der Waals surface area contributed by atoms with Gasteiger partial charge >= 0.3 is 0 Å². The Morgan fingerprint density at radius 2 is 1.67 bits per heavy atom. The van der Waals surface area contributed by atoms with Crippen molar-refractivity contribution in [2.45, 2.75) is 0 Å². The van der Waals surface area contributed by atoms with Gasteiger partial charge in [0.25, 0.3) is 0 Å². The molecule has 1 aromatic carbocycles. The molecule has 0 atom stereocenters. The summed E-state index contributed by atoms with van der Waals surface area (Å²) >= 11 is 0. The number of nitrogens with zero attached hydrogens (tertiary/aromatic N) is 1. The second kappa shape index (κ2) is 3.88. The van der Waals surface area contributed by atoms with Gasteiger partial charge in [0.15, 0.2) is 11.5 Å². The van der Waals surface area contributed by atoms with Gasteiger partial charge in [-0.05, 0) is 18.2 Å². The number of hydrogen-bond donors (Lipinski definition) is 2. The van der Waals surface area contributed by atoms with Gasteiger partial charge in [-0.15, -0.1) is 0 Å². The number of phenolic OH excluding ortho intramolecular Hbond substituents is 2. The van der Waals surface area contributed by atoms with E-state index in [4.69, 9.17) is 4.74 Å². The summed E-state index contributed by atoms with van der Waals surface area (Å²) in [6.07, 6.45) is 1.56. The lowest BCUT2D eigenvalue weighted by atomic mass is 10.3. The summed E-state index contributed by atoms with van der Waals surface area (Å²) in [6.45, 7) is 0. The highest BCUT2D eigenvalue weighted by Crippen LogP contribution is 2.37. The van der Waals surface area contributed by atoms with Crippen molar-refractivity contribution in [2.24, 2.45) is 0 Å². The molecule has 0 saturated heterocycles. The molecule has 0 unspecified atom stereocenters. The van der Waals surface area contributed by atoms with E-state index in [1.54, 1.807) is 24.4 Å². The van der Waals surface area contributed by atoms with Crippen LogP contribution < -0.4 is 4.74 Å². The van der Waals surface area contributed by atoms with Crippen molar-refractivity contribution in [3.63, 3.8) is 0 Å². The Morgan fingerprint density at radius 3 is 2.27 bits per heavy atom. The lowest BCUT2D eigenvalue weighted by Gasteiger charge is -2.07. The average Bonchev–Trinajstić information content (AvgIpc) is 2.25. The molecule has 0 saturated carbocycles. The summed E-state index contributed by atoms with van der Waals surface area (Å²) in [7, 11) is 0. The van der Waals surface area contributed by atoms with Crippen molar-refractivity contribution >= 4 is 0 Å². The van der Waals surface area contributed by atoms with Crippen molar-refractivity contribution < 1.29 is 14.9 Å². The highest BCUT2D eigenvalue weighted by Gasteiger charge is 2.09. The number of rotatable bonds is 2. The molecule has 0 spiro atoms. The first kappa shape index (κ1) is 9.33. The predicted octanol–water partition coefficient (Wildman–Crippen LogP) is 2.29. The first-order chi connectivity index (χ1) is 7.27. The van der Waals surface area contributed by atoms with Gasteiger partial charge in [-0.1, -0.05) is 12.1 Å². The minimum absolute atomic E-state index is 0.0104. The largest absolute Gasteiger partial charge is 0.504 e. The average molecular weight is 203 g/mol. The smallest absolute Gasteiger partial charge is 0.219 e. The Morgan fingerprint density at radius 1 is 0.933 bits per heavy atom. The molecular formula is C11H9NO3. The zero-order valence-corrected chi connectivity index (χ0v) is 7.79. The van der Waals surface area contributed by atoms with Crippen LogP contribution in [0.3, 0.4) is 0 Å². The van der Waals surface area contributed by atoms with Crippen LogP contribution in [0.1, 0.15) is 0 Å². The Hall–Kier alpha value is -2.23. The molecule has 1 aromatic heterocycles. The van der Waals surface area contributed by atoms with Gasteiger partial charge in [0.2, 0.25) is 11.6 Å². The Kier molecular flexibility index (Phi) is 2.41. The van der Waals surface area contributed by atoms with E-state index in [-0.39, 0.29) is 17.2 Å². The molecular weight excluding hydrogens is 194 g/mol. The second-order valence-corrected chi connectivity index (χ2v) is 2.90. The van der Waals surface area contributed by atoms with Crippen LogP contribution in [0.5, 0.6) is 23.1 Å². The lowest BCUT2D eigenvalue weighted by Crippen LogP contribution is -1.87. The summed E-state index contributed by atoms with van der Waals surface area (Å²) in [5.41, 5.74) is 0. The van der Waals surface area contributed by atoms with Crippen LogP contribution in [-0.4, -0.2) is 15.2 Å². The Labute approximate surface area is 86.4 Å². The van der Waals surface area contributed by atoms with Gasteiger partial charge in [0.05, 0.1) is 0 Å². The standard InChI is InChI=1S/C11H9NO3/c13-8-4-3-5-9(14)11(8)15-10-6-1-2-7-12-10/h1-7,13-14H. The molecule has 4 nitrogen and oxygen atoms in total. The molecule has 0 aliphatic rings. The fourth-order valence-electron chi connectivity index (χ4n) is 1.13. The van der Waals surface area contributed by atoms with Crippen LogP contribution >= 0.6 is 0 Å². The number of aromatic hydroxyl groups is 2. The van der Waals surface area contributed by atoms with Crippen LogP contribution in [0, 0.1) is 0 Å². The first-order valence-corrected chi connectivity index (χ1v) is 4.37. The summed E-state index contributed by atoms with van der Waals surface area (Å²) in [6, 6.07) is 9.51. The SMILES string of the molecule is Oc1cccc(O)c1Oc1ccccn1. The predicted molar refractivity (Wildman–Crippen MR) is 54.1 cm³/mol. The third-order valence-corrected chi connectivity index (χ3v) is 1.82.